The number of aliphatic hydroxyl groups excluding tert-OH is 1. The molecule has 7 aliphatic rings. The van der Waals surface area contributed by atoms with Gasteiger partial charge in [-0.1, -0.05) is 56.3 Å². The summed E-state index contributed by atoms with van der Waals surface area (Å²) in [6.45, 7) is 8.30. The number of hydrogen-bond donors (Lipinski definition) is 2. The van der Waals surface area contributed by atoms with E-state index in [2.05, 4.69) is 47.9 Å². The molecule has 2 aromatic rings. The number of methoxy groups -OCH3 is 1. The highest BCUT2D eigenvalue weighted by Crippen LogP contribution is 2.78. The summed E-state index contributed by atoms with van der Waals surface area (Å²) in [6, 6.07) is 12.9. The van der Waals surface area contributed by atoms with Crippen LogP contribution >= 0.6 is 0 Å². The fraction of sp³-hybridized carbons (Fsp3) is 0.585. The van der Waals surface area contributed by atoms with Crippen LogP contribution in [0.4, 0.5) is 18.9 Å². The summed E-state index contributed by atoms with van der Waals surface area (Å²) in [4.78, 5) is 19.4. The number of allylic oxidation sites excluding steroid dienone is 4. The van der Waals surface area contributed by atoms with Crippen molar-refractivity contribution >= 4 is 11.5 Å². The molecule has 1 heterocycles. The number of para-hydroxylation sites is 2. The largest absolute Gasteiger partial charge is 0.495 e. The number of benzene rings is 2. The normalized spacial score (nSPS) is 39.4. The molecule has 2 aromatic carbocycles. The van der Waals surface area contributed by atoms with Gasteiger partial charge in [0.25, 0.3) is 0 Å². The van der Waals surface area contributed by atoms with Crippen molar-refractivity contribution in [1.29, 1.82) is 0 Å². The Morgan fingerprint density at radius 1 is 0.920 bits per heavy atom. The van der Waals surface area contributed by atoms with Crippen molar-refractivity contribution in [2.24, 2.45) is 33.5 Å². The molecule has 9 rings (SSSR count). The van der Waals surface area contributed by atoms with Crippen LogP contribution in [0.2, 0.25) is 0 Å². The highest BCUT2D eigenvalue weighted by molar-refractivity contribution is 6.10. The lowest BCUT2D eigenvalue weighted by Crippen LogP contribution is -2.67. The van der Waals surface area contributed by atoms with Crippen molar-refractivity contribution in [1.82, 2.24) is 4.90 Å². The monoisotopic (exact) mass is 690 g/mol. The first-order valence-corrected chi connectivity index (χ1v) is 18.4. The molecule has 0 amide bonds. The maximum Gasteiger partial charge on any atom is 0.416 e. The molecule has 6 aliphatic carbocycles. The van der Waals surface area contributed by atoms with E-state index in [1.807, 2.05) is 18.2 Å². The quantitative estimate of drug-likeness (QED) is 0.245. The van der Waals surface area contributed by atoms with Gasteiger partial charge in [-0.15, -0.1) is 0 Å². The number of piperazine rings is 1. The molecule has 2 N–H and O–H groups in total. The number of ketones is 1. The summed E-state index contributed by atoms with van der Waals surface area (Å²) in [7, 11) is 1.69. The molecule has 8 unspecified atom stereocenters. The zero-order valence-corrected chi connectivity index (χ0v) is 29.3. The molecule has 50 heavy (non-hydrogen) atoms. The second kappa shape index (κ2) is 11.4. The fourth-order valence-electron chi connectivity index (χ4n) is 12.0. The van der Waals surface area contributed by atoms with Gasteiger partial charge in [0.1, 0.15) is 5.75 Å². The van der Waals surface area contributed by atoms with E-state index in [-0.39, 0.29) is 28.6 Å². The molecule has 2 spiro atoms. The Labute approximate surface area is 293 Å². The van der Waals surface area contributed by atoms with Crippen LogP contribution in [-0.4, -0.2) is 72.4 Å². The van der Waals surface area contributed by atoms with E-state index in [0.29, 0.717) is 31.4 Å². The van der Waals surface area contributed by atoms with Gasteiger partial charge in [0.05, 0.1) is 30.1 Å². The molecular formula is C41H49F3N2O4. The van der Waals surface area contributed by atoms with E-state index in [1.165, 1.54) is 12.1 Å². The standard InChI is InChI=1S/C41H49F3N2O4/c1-36-14-11-29(47)24-38(36)17-18-40(30(25-38)35(48)27-7-6-8-28(23-27)41(42,43)44)33(36)12-15-37(2)34(40)13-16-39(37,49)26-45-19-21-46(22-20-45)31-9-4-5-10-32(31)50-3/h4-10,17-18,23,25,29,33-34,47,49H,11-16,19-22,24,26H2,1-3H3. The van der Waals surface area contributed by atoms with E-state index in [9.17, 15) is 28.2 Å². The van der Waals surface area contributed by atoms with E-state index >= 15 is 0 Å². The molecule has 1 aliphatic heterocycles. The van der Waals surface area contributed by atoms with Crippen LogP contribution in [0.5, 0.6) is 5.75 Å². The second-order valence-electron chi connectivity index (χ2n) is 16.7. The van der Waals surface area contributed by atoms with Crippen LogP contribution in [0.15, 0.2) is 72.3 Å². The Hall–Kier alpha value is -3.14. The molecule has 4 fully saturated rings. The smallest absolute Gasteiger partial charge is 0.416 e. The van der Waals surface area contributed by atoms with Gasteiger partial charge in [-0.25, -0.2) is 0 Å². The summed E-state index contributed by atoms with van der Waals surface area (Å²) in [5.74, 6) is 0.502. The van der Waals surface area contributed by atoms with E-state index in [0.717, 1.165) is 75.4 Å². The van der Waals surface area contributed by atoms with Gasteiger partial charge >= 0.3 is 6.18 Å². The average molecular weight is 691 g/mol. The van der Waals surface area contributed by atoms with E-state index in [4.69, 9.17) is 4.74 Å². The fourth-order valence-corrected chi connectivity index (χ4v) is 12.0. The van der Waals surface area contributed by atoms with Crippen LogP contribution < -0.4 is 9.64 Å². The second-order valence-corrected chi connectivity index (χ2v) is 16.7. The average Bonchev–Trinajstić information content (AvgIpc) is 3.37. The lowest BCUT2D eigenvalue weighted by Gasteiger charge is -2.71. The molecule has 2 bridgehead atoms. The number of hydrogen-bond acceptors (Lipinski definition) is 6. The predicted molar refractivity (Wildman–Crippen MR) is 186 cm³/mol. The molecular weight excluding hydrogens is 641 g/mol. The van der Waals surface area contributed by atoms with Crippen molar-refractivity contribution in [3.8, 4) is 5.75 Å². The summed E-state index contributed by atoms with van der Waals surface area (Å²) < 4.78 is 47.2. The Morgan fingerprint density at radius 2 is 1.62 bits per heavy atom. The van der Waals surface area contributed by atoms with Crippen molar-refractivity contribution in [2.45, 2.75) is 76.7 Å². The lowest BCUT2D eigenvalue weighted by atomic mass is 9.32. The van der Waals surface area contributed by atoms with E-state index in [1.54, 1.807) is 7.11 Å². The number of carbonyl (C=O) groups excluding carboxylic acids is 1. The highest BCUT2D eigenvalue weighted by atomic mass is 19.4. The number of halogens is 3. The summed E-state index contributed by atoms with van der Waals surface area (Å²) >= 11 is 0. The topological polar surface area (TPSA) is 73.2 Å². The molecule has 0 radical (unpaired) electrons. The minimum atomic E-state index is -4.56. The van der Waals surface area contributed by atoms with Gasteiger partial charge in [-0.3, -0.25) is 9.69 Å². The summed E-state index contributed by atoms with van der Waals surface area (Å²) in [5, 5.41) is 23.8. The van der Waals surface area contributed by atoms with Gasteiger partial charge in [0.2, 0.25) is 0 Å². The van der Waals surface area contributed by atoms with Gasteiger partial charge in [0.15, 0.2) is 5.78 Å². The number of rotatable bonds is 6. The van der Waals surface area contributed by atoms with Crippen LogP contribution in [0.1, 0.15) is 74.7 Å². The Bertz CT molecular complexity index is 1750. The van der Waals surface area contributed by atoms with Crippen molar-refractivity contribution < 1.29 is 32.9 Å². The molecule has 3 saturated carbocycles. The molecule has 268 valence electrons. The number of fused-ring (bicyclic) bond motifs is 1. The zero-order chi connectivity index (χ0) is 35.3. The lowest BCUT2D eigenvalue weighted by molar-refractivity contribution is -0.176. The maximum atomic E-state index is 14.7. The first-order chi connectivity index (χ1) is 23.7. The number of Topliss-reactive ketones (excluding diaryl/α,β-unsaturated/α-hetero) is 1. The van der Waals surface area contributed by atoms with Crippen molar-refractivity contribution in [3.63, 3.8) is 0 Å². The Kier molecular flexibility index (Phi) is 7.77. The van der Waals surface area contributed by atoms with Crippen LogP contribution in [0, 0.1) is 33.5 Å². The maximum absolute atomic E-state index is 14.7. The van der Waals surface area contributed by atoms with Gasteiger partial charge in [-0.2, -0.15) is 13.2 Å². The predicted octanol–water partition coefficient (Wildman–Crippen LogP) is 7.31. The number of nitrogens with zero attached hydrogens (tertiary/aromatic N) is 2. The molecule has 9 heteroatoms. The number of carbonyl (C=O) groups is 1. The molecule has 1 saturated heterocycles. The van der Waals surface area contributed by atoms with Crippen molar-refractivity contribution in [3.05, 3.63) is 83.5 Å². The van der Waals surface area contributed by atoms with E-state index < -0.39 is 39.7 Å². The SMILES string of the molecule is COc1ccccc1N1CCN(CC2(O)CCC3C45C=CC6(C=C4C(=O)c4cccc(C(F)(F)F)c4)CC(O)CCC6(C)C5CCC32C)CC1. The van der Waals surface area contributed by atoms with Crippen LogP contribution in [0.25, 0.3) is 0 Å². The molecule has 6 nitrogen and oxygen atoms in total. The van der Waals surface area contributed by atoms with Gasteiger partial charge in [0, 0.05) is 60.1 Å². The third kappa shape index (κ3) is 4.68. The zero-order valence-electron chi connectivity index (χ0n) is 29.3. The van der Waals surface area contributed by atoms with Crippen LogP contribution in [-0.2, 0) is 6.18 Å². The number of alkyl halides is 3. The third-order valence-corrected chi connectivity index (χ3v) is 14.7. The summed E-state index contributed by atoms with van der Waals surface area (Å²) in [5.41, 5.74) is -2.12. The Balaban J connectivity index is 1.14. The number of aliphatic hydroxyl groups is 2. The number of ether oxygens (including phenoxy) is 1. The van der Waals surface area contributed by atoms with Crippen molar-refractivity contribution in [2.75, 3.05) is 44.7 Å². The minimum Gasteiger partial charge on any atom is -0.495 e. The first kappa shape index (κ1) is 34.0. The van der Waals surface area contributed by atoms with Gasteiger partial charge < -0.3 is 19.8 Å². The first-order valence-electron chi connectivity index (χ1n) is 18.4. The van der Waals surface area contributed by atoms with Gasteiger partial charge in [-0.05, 0) is 86.5 Å². The molecule has 0 aromatic heterocycles. The molecule has 8 atom stereocenters. The Morgan fingerprint density at radius 3 is 2.36 bits per heavy atom. The summed E-state index contributed by atoms with van der Waals surface area (Å²) in [6.07, 6.45) is 6.41. The third-order valence-electron chi connectivity index (χ3n) is 14.7. The minimum absolute atomic E-state index is 0.0445. The number of anilines is 1. The number of β-amino-alcohol motifs (C(OH)–C–C–N with tert-alkyl or cyclic N) is 1. The van der Waals surface area contributed by atoms with Crippen LogP contribution in [0.3, 0.4) is 0 Å². The highest BCUT2D eigenvalue weighted by Gasteiger charge is 2.74.